The summed E-state index contributed by atoms with van der Waals surface area (Å²) in [6.45, 7) is 14.3. The molecule has 1 nitrogen and oxygen atoms in total. The van der Waals surface area contributed by atoms with Gasteiger partial charge in [-0.15, -0.1) is 6.58 Å². The van der Waals surface area contributed by atoms with Crippen LogP contribution in [0.4, 0.5) is 0 Å². The van der Waals surface area contributed by atoms with Crippen LogP contribution in [0.5, 0.6) is 0 Å². The zero-order valence-electron chi connectivity index (χ0n) is 10.5. The summed E-state index contributed by atoms with van der Waals surface area (Å²) in [6.07, 6.45) is 7.02. The van der Waals surface area contributed by atoms with Gasteiger partial charge in [-0.2, -0.15) is 0 Å². The first-order chi connectivity index (χ1) is 7.17. The molecule has 15 heavy (non-hydrogen) atoms. The van der Waals surface area contributed by atoms with E-state index in [1.165, 1.54) is 31.5 Å². The van der Waals surface area contributed by atoms with Gasteiger partial charge in [0.15, 0.2) is 0 Å². The van der Waals surface area contributed by atoms with Gasteiger partial charge in [-0.3, -0.25) is 0 Å². The Morgan fingerprint density at radius 1 is 1.53 bits per heavy atom. The molecule has 0 aliphatic carbocycles. The van der Waals surface area contributed by atoms with Crippen molar-refractivity contribution in [2.24, 2.45) is 11.8 Å². The van der Waals surface area contributed by atoms with Crippen molar-refractivity contribution < 1.29 is 1.43 Å². The fraction of sp³-hybridized carbons (Fsp3) is 0.714. The Hall–Kier alpha value is -0.560. The van der Waals surface area contributed by atoms with Crippen molar-refractivity contribution in [1.82, 2.24) is 4.90 Å². The van der Waals surface area contributed by atoms with E-state index in [9.17, 15) is 0 Å². The van der Waals surface area contributed by atoms with Crippen LogP contribution in [-0.2, 0) is 0 Å². The summed E-state index contributed by atoms with van der Waals surface area (Å²) in [5, 5.41) is 0. The minimum absolute atomic E-state index is 0. The van der Waals surface area contributed by atoms with Gasteiger partial charge in [0.05, 0.1) is 0 Å². The predicted molar refractivity (Wildman–Crippen MR) is 70.1 cm³/mol. The largest absolute Gasteiger partial charge is 0.302 e. The lowest BCUT2D eigenvalue weighted by atomic mass is 9.95. The van der Waals surface area contributed by atoms with Gasteiger partial charge in [0.1, 0.15) is 0 Å². The van der Waals surface area contributed by atoms with Crippen LogP contribution in [0.25, 0.3) is 0 Å². The van der Waals surface area contributed by atoms with E-state index in [0.717, 1.165) is 12.5 Å². The maximum Gasteiger partial charge on any atom is 0.00989 e. The van der Waals surface area contributed by atoms with Crippen molar-refractivity contribution in [2.45, 2.75) is 33.6 Å². The summed E-state index contributed by atoms with van der Waals surface area (Å²) >= 11 is 0. The molecule has 0 aromatic rings. The van der Waals surface area contributed by atoms with Crippen molar-refractivity contribution in [3.8, 4) is 0 Å². The molecule has 0 spiro atoms. The monoisotopic (exact) mass is 209 g/mol. The van der Waals surface area contributed by atoms with Crippen LogP contribution < -0.4 is 0 Å². The Bertz CT molecular complexity index is 227. The Morgan fingerprint density at radius 3 is 2.60 bits per heavy atom. The smallest absolute Gasteiger partial charge is 0.00989 e. The summed E-state index contributed by atoms with van der Waals surface area (Å²) in [4.78, 5) is 2.58. The fourth-order valence-electron chi connectivity index (χ4n) is 2.14. The minimum Gasteiger partial charge on any atom is -0.302 e. The molecule has 1 unspecified atom stereocenters. The van der Waals surface area contributed by atoms with Gasteiger partial charge < -0.3 is 4.90 Å². The van der Waals surface area contributed by atoms with Crippen LogP contribution in [0, 0.1) is 11.8 Å². The topological polar surface area (TPSA) is 3.24 Å². The first kappa shape index (κ1) is 12.5. The summed E-state index contributed by atoms with van der Waals surface area (Å²) in [5.41, 5.74) is 1.45. The first-order valence-electron chi connectivity index (χ1n) is 6.15. The average Bonchev–Trinajstić information content (AvgIpc) is 2.27. The van der Waals surface area contributed by atoms with Crippen molar-refractivity contribution >= 4 is 0 Å². The van der Waals surface area contributed by atoms with Gasteiger partial charge in [-0.25, -0.2) is 0 Å². The van der Waals surface area contributed by atoms with Gasteiger partial charge in [-0.1, -0.05) is 24.6 Å². The standard InChI is InChI=1S/C14H25N.H2/c1-5-13(4)14(6-2)11-15-9-7-12(3)8-10-15;/h5-6,12,14H,2,7-11H2,1,3-4H3;1H/b13-5-;. The third-order valence-electron chi connectivity index (χ3n) is 3.66. The fourth-order valence-corrected chi connectivity index (χ4v) is 2.14. The maximum absolute atomic E-state index is 3.94. The van der Waals surface area contributed by atoms with Crippen LogP contribution in [0.15, 0.2) is 24.3 Å². The summed E-state index contributed by atoms with van der Waals surface area (Å²) in [5.74, 6) is 1.47. The first-order valence-corrected chi connectivity index (χ1v) is 6.15. The molecule has 1 atom stereocenters. The van der Waals surface area contributed by atoms with Crippen molar-refractivity contribution in [2.75, 3.05) is 19.6 Å². The molecule has 0 aromatic heterocycles. The van der Waals surface area contributed by atoms with Gasteiger partial charge in [0, 0.05) is 13.9 Å². The summed E-state index contributed by atoms with van der Waals surface area (Å²) in [7, 11) is 0. The highest BCUT2D eigenvalue weighted by Gasteiger charge is 2.18. The lowest BCUT2D eigenvalue weighted by molar-refractivity contribution is 0.183. The highest BCUT2D eigenvalue weighted by atomic mass is 15.1. The molecule has 88 valence electrons. The third kappa shape index (κ3) is 3.83. The maximum atomic E-state index is 3.94. The van der Waals surface area contributed by atoms with Crippen LogP contribution in [0.3, 0.4) is 0 Å². The molecule has 0 saturated carbocycles. The summed E-state index contributed by atoms with van der Waals surface area (Å²) < 4.78 is 0. The minimum atomic E-state index is 0. The molecule has 1 fully saturated rings. The molecule has 0 radical (unpaired) electrons. The van der Waals surface area contributed by atoms with Crippen molar-refractivity contribution in [1.29, 1.82) is 0 Å². The Kier molecular flexibility index (Phi) is 5.10. The molecule has 1 aliphatic heterocycles. The van der Waals surface area contributed by atoms with Crippen LogP contribution in [0.1, 0.15) is 35.0 Å². The number of nitrogens with zero attached hydrogens (tertiary/aromatic N) is 1. The Labute approximate surface area is 96.3 Å². The van der Waals surface area contributed by atoms with Crippen molar-refractivity contribution in [3.05, 3.63) is 24.3 Å². The number of hydrogen-bond acceptors (Lipinski definition) is 1. The Balaban J connectivity index is 0.00000225. The molecular weight excluding hydrogens is 182 g/mol. The second-order valence-corrected chi connectivity index (χ2v) is 4.86. The van der Waals surface area contributed by atoms with E-state index in [1.54, 1.807) is 0 Å². The normalized spacial score (nSPS) is 22.7. The van der Waals surface area contributed by atoms with Gasteiger partial charge >= 0.3 is 0 Å². The molecule has 0 aromatic carbocycles. The van der Waals surface area contributed by atoms with Crippen LogP contribution in [0.2, 0.25) is 0 Å². The molecule has 1 heterocycles. The van der Waals surface area contributed by atoms with Crippen LogP contribution >= 0.6 is 0 Å². The lowest BCUT2D eigenvalue weighted by Crippen LogP contribution is -2.36. The quantitative estimate of drug-likeness (QED) is 0.638. The van der Waals surface area contributed by atoms with E-state index in [2.05, 4.69) is 44.4 Å². The highest BCUT2D eigenvalue weighted by molar-refractivity contribution is 5.09. The van der Waals surface area contributed by atoms with E-state index in [0.29, 0.717) is 5.92 Å². The average molecular weight is 209 g/mol. The highest BCUT2D eigenvalue weighted by Crippen LogP contribution is 2.20. The molecule has 1 heteroatoms. The van der Waals surface area contributed by atoms with Crippen LogP contribution in [-0.4, -0.2) is 24.5 Å². The van der Waals surface area contributed by atoms with Crippen molar-refractivity contribution in [3.63, 3.8) is 0 Å². The van der Waals surface area contributed by atoms with E-state index < -0.39 is 0 Å². The van der Waals surface area contributed by atoms with Gasteiger partial charge in [-0.05, 0) is 45.7 Å². The third-order valence-corrected chi connectivity index (χ3v) is 3.66. The van der Waals surface area contributed by atoms with E-state index in [4.69, 9.17) is 0 Å². The molecule has 1 saturated heterocycles. The molecule has 0 N–H and O–H groups in total. The molecule has 0 bridgehead atoms. The number of rotatable bonds is 4. The molecule has 1 aliphatic rings. The number of piperidine rings is 1. The zero-order chi connectivity index (χ0) is 11.3. The van der Waals surface area contributed by atoms with Gasteiger partial charge in [0.25, 0.3) is 0 Å². The summed E-state index contributed by atoms with van der Waals surface area (Å²) in [6, 6.07) is 0. The molecule has 1 rings (SSSR count). The number of likely N-dealkylation sites (tertiary alicyclic amines) is 1. The van der Waals surface area contributed by atoms with E-state index in [-0.39, 0.29) is 1.43 Å². The predicted octanol–water partition coefficient (Wildman–Crippen LogP) is 3.73. The van der Waals surface area contributed by atoms with E-state index >= 15 is 0 Å². The van der Waals surface area contributed by atoms with E-state index in [1.807, 2.05) is 0 Å². The SMILES string of the molecule is C=CC(CN1CCC(C)CC1)/C(C)=C\C.[HH]. The molecular formula is C14H27N. The molecule has 0 amide bonds. The zero-order valence-corrected chi connectivity index (χ0v) is 10.5. The second-order valence-electron chi connectivity index (χ2n) is 4.86. The lowest BCUT2D eigenvalue weighted by Gasteiger charge is -2.32. The van der Waals surface area contributed by atoms with Gasteiger partial charge in [0.2, 0.25) is 0 Å². The Morgan fingerprint density at radius 2 is 2.13 bits per heavy atom. The second kappa shape index (κ2) is 6.12. The number of allylic oxidation sites excluding steroid dienone is 1. The number of hydrogen-bond donors (Lipinski definition) is 0.